The average Bonchev–Trinajstić information content (AvgIpc) is 2.65. The number of carbonyl (C=O) groups is 3. The number of alkyl carbamates (subject to hydrolysis) is 1. The Balaban J connectivity index is 2.28. The van der Waals surface area contributed by atoms with E-state index in [4.69, 9.17) is 14.2 Å². The van der Waals surface area contributed by atoms with Gasteiger partial charge in [0.1, 0.15) is 27.2 Å². The number of ether oxygens (including phenoxy) is 3. The summed E-state index contributed by atoms with van der Waals surface area (Å²) in [4.78, 5) is 50.1. The van der Waals surface area contributed by atoms with Crippen molar-refractivity contribution in [1.29, 1.82) is 0 Å². The molecule has 3 amide bonds. The van der Waals surface area contributed by atoms with E-state index in [-0.39, 0.29) is 10.4 Å². The van der Waals surface area contributed by atoms with Crippen LogP contribution in [-0.4, -0.2) is 63.7 Å². The van der Waals surface area contributed by atoms with Crippen LogP contribution < -0.4 is 15.1 Å². The number of hydrogen-bond donors (Lipinski definition) is 1. The molecule has 0 saturated carbocycles. The molecule has 1 fully saturated rings. The molecule has 0 aromatic carbocycles. The lowest BCUT2D eigenvalue weighted by Gasteiger charge is -2.40. The Morgan fingerprint density at radius 1 is 0.919 bits per heavy atom. The van der Waals surface area contributed by atoms with Crippen LogP contribution in [0.5, 0.6) is 0 Å². The number of halogens is 1. The molecule has 1 aliphatic heterocycles. The summed E-state index contributed by atoms with van der Waals surface area (Å²) in [7, 11) is 0. The van der Waals surface area contributed by atoms with E-state index < -0.39 is 40.6 Å². The minimum Gasteiger partial charge on any atom is -0.444 e. The van der Waals surface area contributed by atoms with E-state index in [2.05, 4.69) is 31.2 Å². The second-order valence-electron chi connectivity index (χ2n) is 12.3. The number of anilines is 2. The van der Waals surface area contributed by atoms with Crippen molar-refractivity contribution >= 4 is 45.8 Å². The van der Waals surface area contributed by atoms with Gasteiger partial charge >= 0.3 is 18.3 Å². The number of rotatable bonds is 3. The van der Waals surface area contributed by atoms with Crippen LogP contribution in [0, 0.1) is 0 Å². The van der Waals surface area contributed by atoms with Gasteiger partial charge in [0.25, 0.3) is 0 Å². The molecule has 0 atom stereocenters. The second-order valence-corrected chi connectivity index (χ2v) is 13.1. The predicted octanol–water partition coefficient (Wildman–Crippen LogP) is 5.80. The predicted molar refractivity (Wildman–Crippen MR) is 144 cm³/mol. The summed E-state index contributed by atoms with van der Waals surface area (Å²) in [6, 6.07) is 0. The van der Waals surface area contributed by atoms with Crippen LogP contribution in [0.3, 0.4) is 0 Å². The zero-order valence-electron chi connectivity index (χ0n) is 23.5. The molecule has 1 aromatic rings. The molecular formula is C25H40BrN5O6. The van der Waals surface area contributed by atoms with Crippen LogP contribution >= 0.6 is 15.9 Å². The van der Waals surface area contributed by atoms with Gasteiger partial charge in [-0.2, -0.15) is 4.90 Å². The van der Waals surface area contributed by atoms with E-state index in [1.54, 1.807) is 47.7 Å². The molecule has 1 aromatic heterocycles. The van der Waals surface area contributed by atoms with Crippen LogP contribution in [-0.2, 0) is 14.2 Å². The molecule has 37 heavy (non-hydrogen) atoms. The molecule has 0 spiro atoms. The molecule has 2 rings (SSSR count). The molecule has 208 valence electrons. The third kappa shape index (κ3) is 9.64. The van der Waals surface area contributed by atoms with Crippen molar-refractivity contribution in [1.82, 2.24) is 15.3 Å². The highest BCUT2D eigenvalue weighted by Gasteiger charge is 2.37. The highest BCUT2D eigenvalue weighted by Crippen LogP contribution is 2.31. The topological polar surface area (TPSA) is 123 Å². The Morgan fingerprint density at radius 2 is 1.38 bits per heavy atom. The average molecular weight is 587 g/mol. The molecule has 0 bridgehead atoms. The Morgan fingerprint density at radius 3 is 1.81 bits per heavy atom. The molecule has 1 aliphatic rings. The van der Waals surface area contributed by atoms with E-state index in [1.165, 1.54) is 0 Å². The summed E-state index contributed by atoms with van der Waals surface area (Å²) in [5.74, 6) is 0.427. The van der Waals surface area contributed by atoms with E-state index >= 15 is 0 Å². The first-order valence-corrected chi connectivity index (χ1v) is 13.0. The van der Waals surface area contributed by atoms with Gasteiger partial charge in [-0.25, -0.2) is 24.4 Å². The molecule has 0 unspecified atom stereocenters. The molecular weight excluding hydrogens is 546 g/mol. The number of hydrogen-bond acceptors (Lipinski definition) is 9. The summed E-state index contributed by atoms with van der Waals surface area (Å²) >= 11 is 3.31. The maximum Gasteiger partial charge on any atom is 0.425 e. The zero-order valence-corrected chi connectivity index (χ0v) is 25.1. The van der Waals surface area contributed by atoms with Gasteiger partial charge in [0.2, 0.25) is 0 Å². The maximum atomic E-state index is 13.1. The number of nitrogens with one attached hydrogen (secondary N) is 1. The number of amides is 3. The fourth-order valence-electron chi connectivity index (χ4n) is 3.42. The summed E-state index contributed by atoms with van der Waals surface area (Å²) in [5.41, 5.74) is -2.75. The lowest BCUT2D eigenvalue weighted by Crippen LogP contribution is -2.54. The van der Waals surface area contributed by atoms with E-state index in [0.717, 1.165) is 4.90 Å². The number of aromatic nitrogens is 2. The monoisotopic (exact) mass is 585 g/mol. The first kappa shape index (κ1) is 30.6. The summed E-state index contributed by atoms with van der Waals surface area (Å²) < 4.78 is 16.5. The van der Waals surface area contributed by atoms with E-state index in [0.29, 0.717) is 31.7 Å². The zero-order chi connectivity index (χ0) is 28.4. The Kier molecular flexibility index (Phi) is 9.10. The number of nitrogens with zero attached hydrogens (tertiary/aromatic N) is 4. The van der Waals surface area contributed by atoms with Crippen LogP contribution in [0.1, 0.15) is 82.1 Å². The van der Waals surface area contributed by atoms with Crippen molar-refractivity contribution in [3.8, 4) is 0 Å². The first-order chi connectivity index (χ1) is 16.7. The normalized spacial score (nSPS) is 16.0. The fraction of sp³-hybridized carbons (Fsp3) is 0.720. The Hall–Kier alpha value is -2.63. The summed E-state index contributed by atoms with van der Waals surface area (Å²) in [6.45, 7) is 18.7. The van der Waals surface area contributed by atoms with Crippen LogP contribution in [0.25, 0.3) is 0 Å². The standard InChI is InChI=1S/C25H40BrN5O6/c1-22(2,3)35-19(32)29-25(10)11-13-30(14-12-25)16-15-27-17(26)18(28-16)31(20(33)36-23(4,5)6)21(34)37-24(7,8)9/h15H,11-14H2,1-10H3,(H,29,32). The van der Waals surface area contributed by atoms with Gasteiger partial charge in [-0.3, -0.25) is 0 Å². The largest absolute Gasteiger partial charge is 0.444 e. The van der Waals surface area contributed by atoms with Gasteiger partial charge < -0.3 is 24.4 Å². The molecule has 0 aliphatic carbocycles. The number of imide groups is 1. The Bertz CT molecular complexity index is 976. The first-order valence-electron chi connectivity index (χ1n) is 12.2. The fourth-order valence-corrected chi connectivity index (χ4v) is 3.79. The van der Waals surface area contributed by atoms with Gasteiger partial charge in [-0.15, -0.1) is 0 Å². The molecule has 0 radical (unpaired) electrons. The van der Waals surface area contributed by atoms with Crippen molar-refractivity contribution in [3.05, 3.63) is 10.8 Å². The van der Waals surface area contributed by atoms with Crippen molar-refractivity contribution in [2.24, 2.45) is 0 Å². The molecule has 12 heteroatoms. The lowest BCUT2D eigenvalue weighted by molar-refractivity contribution is 0.0419. The van der Waals surface area contributed by atoms with E-state index in [1.807, 2.05) is 32.6 Å². The maximum absolute atomic E-state index is 13.1. The molecule has 1 saturated heterocycles. The van der Waals surface area contributed by atoms with Crippen LogP contribution in [0.15, 0.2) is 10.8 Å². The lowest BCUT2D eigenvalue weighted by atomic mass is 9.90. The van der Waals surface area contributed by atoms with Crippen molar-refractivity contribution in [2.75, 3.05) is 22.9 Å². The summed E-state index contributed by atoms with van der Waals surface area (Å²) in [6.07, 6.45) is 0.491. The van der Waals surface area contributed by atoms with Gasteiger partial charge in [0, 0.05) is 18.6 Å². The minimum atomic E-state index is -0.929. The van der Waals surface area contributed by atoms with Gasteiger partial charge in [0.15, 0.2) is 5.82 Å². The SMILES string of the molecule is CC1(NC(=O)OC(C)(C)C)CCN(c2cnc(Br)c(N(C(=O)OC(C)(C)C)C(=O)OC(C)(C)C)n2)CC1. The van der Waals surface area contributed by atoms with Crippen LogP contribution in [0.2, 0.25) is 0 Å². The van der Waals surface area contributed by atoms with Gasteiger partial charge in [0.05, 0.1) is 6.20 Å². The quantitative estimate of drug-likeness (QED) is 0.438. The van der Waals surface area contributed by atoms with E-state index in [9.17, 15) is 14.4 Å². The second kappa shape index (κ2) is 11.0. The van der Waals surface area contributed by atoms with Crippen LogP contribution in [0.4, 0.5) is 26.0 Å². The number of piperidine rings is 1. The minimum absolute atomic E-state index is 0.0405. The van der Waals surface area contributed by atoms with Crippen molar-refractivity contribution in [3.63, 3.8) is 0 Å². The highest BCUT2D eigenvalue weighted by molar-refractivity contribution is 9.10. The smallest absolute Gasteiger partial charge is 0.425 e. The third-order valence-electron chi connectivity index (χ3n) is 5.06. The molecule has 11 nitrogen and oxygen atoms in total. The Labute approximate surface area is 227 Å². The molecule has 2 heterocycles. The highest BCUT2D eigenvalue weighted by atomic mass is 79.9. The number of carbonyl (C=O) groups excluding carboxylic acids is 3. The molecule has 1 N–H and O–H groups in total. The van der Waals surface area contributed by atoms with Crippen molar-refractivity contribution < 1.29 is 28.6 Å². The van der Waals surface area contributed by atoms with Gasteiger partial charge in [-0.1, -0.05) is 0 Å². The van der Waals surface area contributed by atoms with Gasteiger partial charge in [-0.05, 0) is 98.0 Å². The third-order valence-corrected chi connectivity index (χ3v) is 5.62. The summed E-state index contributed by atoms with van der Waals surface area (Å²) in [5, 5.41) is 2.97. The van der Waals surface area contributed by atoms with Crippen molar-refractivity contribution in [2.45, 2.75) is 104 Å².